The predicted molar refractivity (Wildman–Crippen MR) is 266 cm³/mol. The third-order valence-electron chi connectivity index (χ3n) is 12.5. The van der Waals surface area contributed by atoms with Crippen molar-refractivity contribution in [3.63, 3.8) is 0 Å². The molecule has 8 atom stereocenters. The average Bonchev–Trinajstić information content (AvgIpc) is 4.16. The van der Waals surface area contributed by atoms with Crippen molar-refractivity contribution in [1.29, 1.82) is 0 Å². The molecule has 23 heteroatoms. The van der Waals surface area contributed by atoms with Crippen molar-refractivity contribution in [3.8, 4) is 0 Å². The molecule has 3 saturated heterocycles. The van der Waals surface area contributed by atoms with Gasteiger partial charge < -0.3 is 33.3 Å². The quantitative estimate of drug-likeness (QED) is 0.0178. The second kappa shape index (κ2) is 29.6. The number of aromatic nitrogens is 3. The molecule has 2 aromatic rings. The first-order valence-corrected chi connectivity index (χ1v) is 29.5. The Hall–Kier alpha value is -3.20. The molecule has 5 rings (SSSR count). The highest BCUT2D eigenvalue weighted by atomic mass is 32.2. The summed E-state index contributed by atoms with van der Waals surface area (Å²) >= 11 is 0. The number of carbonyl (C=O) groups excluding carboxylic acids is 3. The molecule has 2 amide bonds. The molecule has 1 N–H and O–H groups in total. The normalized spacial score (nSPS) is 23.5. The molecule has 71 heavy (non-hydrogen) atoms. The zero-order valence-corrected chi connectivity index (χ0v) is 45.1. The van der Waals surface area contributed by atoms with Crippen LogP contribution in [0.25, 0.3) is 0 Å². The van der Waals surface area contributed by atoms with Gasteiger partial charge in [0.2, 0.25) is 19.1 Å². The molecule has 3 aliphatic rings. The summed E-state index contributed by atoms with van der Waals surface area (Å²) in [6.45, 7) is 6.89. The minimum atomic E-state index is -4.29. The molecule has 7 unspecified atom stereocenters. The summed E-state index contributed by atoms with van der Waals surface area (Å²) in [4.78, 5) is 39.1. The number of ether oxygens (including phenoxy) is 4. The van der Waals surface area contributed by atoms with Crippen molar-refractivity contribution in [3.05, 3.63) is 48.8 Å². The number of rotatable bonds is 34. The summed E-state index contributed by atoms with van der Waals surface area (Å²) in [7, 11) is -7.11. The van der Waals surface area contributed by atoms with Crippen LogP contribution in [0.15, 0.2) is 53.7 Å². The molecule has 0 bridgehead atoms. The third kappa shape index (κ3) is 18.0. The Morgan fingerprint density at radius 3 is 2.21 bits per heavy atom. The Morgan fingerprint density at radius 2 is 1.59 bits per heavy atom. The van der Waals surface area contributed by atoms with Gasteiger partial charge >= 0.3 is 13.6 Å². The van der Waals surface area contributed by atoms with Crippen LogP contribution >= 0.6 is 16.1 Å². The molecule has 0 radical (unpaired) electrons. The van der Waals surface area contributed by atoms with Crippen LogP contribution in [0, 0.1) is 5.41 Å². The number of fused-ring (bicyclic) bond motifs is 1. The summed E-state index contributed by atoms with van der Waals surface area (Å²) < 4.78 is 92.9. The van der Waals surface area contributed by atoms with E-state index in [1.54, 1.807) is 51.1 Å². The Balaban J connectivity index is 1.36. The number of nitrogens with zero attached hydrogens (tertiary/aromatic N) is 5. The lowest BCUT2D eigenvalue weighted by Crippen LogP contribution is -2.44. The van der Waals surface area contributed by atoms with Crippen LogP contribution in [0.4, 0.5) is 0 Å². The lowest BCUT2D eigenvalue weighted by molar-refractivity contribution is -0.160. The molecule has 20 nitrogen and oxygen atoms in total. The van der Waals surface area contributed by atoms with E-state index in [0.29, 0.717) is 26.0 Å². The highest BCUT2D eigenvalue weighted by Gasteiger charge is 2.55. The smallest absolute Gasteiger partial charge is 0.388 e. The Bertz CT molecular complexity index is 2110. The molecule has 3 aliphatic heterocycles. The monoisotopic (exact) mass is 1060 g/mol. The second-order valence-electron chi connectivity index (χ2n) is 19.2. The molecular formula is C48H78N6O14P2S. The number of amides is 2. The summed E-state index contributed by atoms with van der Waals surface area (Å²) in [6, 6.07) is 8.04. The number of hydrogen-bond acceptors (Lipinski definition) is 17. The minimum absolute atomic E-state index is 0.0968. The Kier molecular flexibility index (Phi) is 24.5. The lowest BCUT2D eigenvalue weighted by Gasteiger charge is -2.30. The van der Waals surface area contributed by atoms with Crippen LogP contribution < -0.4 is 10.8 Å². The fourth-order valence-corrected chi connectivity index (χ4v) is 13.4. The van der Waals surface area contributed by atoms with Gasteiger partial charge in [-0.1, -0.05) is 114 Å². The van der Waals surface area contributed by atoms with Gasteiger partial charge in [0, 0.05) is 45.6 Å². The van der Waals surface area contributed by atoms with Crippen LogP contribution in [-0.2, 0) is 72.4 Å². The highest BCUT2D eigenvalue weighted by molar-refractivity contribution is 7.91. The van der Waals surface area contributed by atoms with Gasteiger partial charge in [0.25, 0.3) is 8.53 Å². The van der Waals surface area contributed by atoms with Crippen molar-refractivity contribution in [2.24, 2.45) is 5.41 Å². The van der Waals surface area contributed by atoms with Gasteiger partial charge in [-0.2, -0.15) is 0 Å². The van der Waals surface area contributed by atoms with E-state index in [2.05, 4.69) is 27.2 Å². The zero-order valence-electron chi connectivity index (χ0n) is 42.5. The first-order chi connectivity index (χ1) is 34.1. The van der Waals surface area contributed by atoms with Crippen molar-refractivity contribution < 1.29 is 64.4 Å². The van der Waals surface area contributed by atoms with Gasteiger partial charge in [-0.3, -0.25) is 32.9 Å². The molecule has 3 fully saturated rings. The molecule has 0 spiro atoms. The maximum absolute atomic E-state index is 14.1. The van der Waals surface area contributed by atoms with Gasteiger partial charge in [0.05, 0.1) is 34.9 Å². The lowest BCUT2D eigenvalue weighted by atomic mass is 9.98. The van der Waals surface area contributed by atoms with Crippen molar-refractivity contribution in [1.82, 2.24) is 29.9 Å². The number of unbranched alkanes of at least 4 members (excludes halogenated alkanes) is 13. The van der Waals surface area contributed by atoms with E-state index in [-0.39, 0.29) is 28.7 Å². The van der Waals surface area contributed by atoms with E-state index in [4.69, 9.17) is 37.0 Å². The number of esters is 1. The maximum Gasteiger partial charge on any atom is 0.388 e. The standard InChI is InChI=1S/C48H78N6O14P2S/c1-7-8-9-10-11-12-13-14-15-16-17-18-19-23-31-62-45-44(68-69-54-29-24-27-39(54)41(67-69)34-71(59,60)38-25-21-20-22-26-38)40(66-46(45)52(35-55)30-28-42(56)49-5)32-53-33-43(50-51-53)70(58,64-36-61-6)65-37-63-47(57)48(2,3)4/h20-22,25-26,28,30,33,35,39-41,44-46H,7-19,23-24,27,29,31-32,34,36-37H2,1-6H3,(H,49,56)/b30-28-/t39?,40?,41?,44?,45?,46?,69-,70?/m0/s1. The first kappa shape index (κ1) is 58.7. The number of methoxy groups -OCH3 is 1. The van der Waals surface area contributed by atoms with Crippen molar-refractivity contribution >= 4 is 49.7 Å². The largest absolute Gasteiger partial charge is 0.438 e. The van der Waals surface area contributed by atoms with E-state index < -0.39 is 87.5 Å². The highest BCUT2D eigenvalue weighted by Crippen LogP contribution is 2.58. The van der Waals surface area contributed by atoms with Gasteiger partial charge in [-0.25, -0.2) is 17.8 Å². The fourth-order valence-electron chi connectivity index (χ4n) is 8.55. The number of sulfone groups is 1. The van der Waals surface area contributed by atoms with Crippen LogP contribution in [0.3, 0.4) is 0 Å². The summed E-state index contributed by atoms with van der Waals surface area (Å²) in [6.07, 6.45) is 17.9. The zero-order chi connectivity index (χ0) is 51.3. The van der Waals surface area contributed by atoms with Crippen LogP contribution in [0.2, 0.25) is 0 Å². The SMILES string of the molecule is CCCCCCCCCCCCCCCCOC1C(O[P@]2OC(CS(=O)(=O)c3ccccc3)C3CCCN32)C(Cn2cc(P(=O)(OCOC)OCOC(=O)C(C)(C)C)nn2)OC1N(C=O)/C=C\C(=O)NC. The molecular weight excluding hydrogens is 979 g/mol. The van der Waals surface area contributed by atoms with E-state index in [9.17, 15) is 27.4 Å². The summed E-state index contributed by atoms with van der Waals surface area (Å²) in [5, 5.41) is 10.8. The molecule has 0 aliphatic carbocycles. The van der Waals surface area contributed by atoms with E-state index >= 15 is 0 Å². The molecule has 4 heterocycles. The number of likely N-dealkylation sites (N-methyl/N-ethyl adjacent to an activating group) is 1. The van der Waals surface area contributed by atoms with E-state index in [0.717, 1.165) is 32.1 Å². The van der Waals surface area contributed by atoms with Crippen LogP contribution in [-0.4, -0.2) is 135 Å². The fraction of sp³-hybridized carbons (Fsp3) is 0.729. The summed E-state index contributed by atoms with van der Waals surface area (Å²) in [5.41, 5.74) is -1.07. The van der Waals surface area contributed by atoms with Crippen LogP contribution in [0.5, 0.6) is 0 Å². The van der Waals surface area contributed by atoms with Gasteiger partial charge in [-0.15, -0.1) is 5.10 Å². The number of hydrogen-bond donors (Lipinski definition) is 1. The maximum atomic E-state index is 14.1. The molecule has 1 aromatic carbocycles. The molecule has 0 saturated carbocycles. The van der Waals surface area contributed by atoms with E-state index in [1.807, 2.05) is 0 Å². The van der Waals surface area contributed by atoms with Gasteiger partial charge in [-0.05, 0) is 52.2 Å². The van der Waals surface area contributed by atoms with Gasteiger partial charge in [0.15, 0.2) is 28.3 Å². The molecule has 400 valence electrons. The Morgan fingerprint density at radius 1 is 0.944 bits per heavy atom. The van der Waals surface area contributed by atoms with Crippen LogP contribution in [0.1, 0.15) is 130 Å². The molecule has 1 aromatic heterocycles. The minimum Gasteiger partial charge on any atom is -0.438 e. The second-order valence-corrected chi connectivity index (χ2v) is 24.6. The van der Waals surface area contributed by atoms with E-state index in [1.165, 1.54) is 106 Å². The predicted octanol–water partition coefficient (Wildman–Crippen LogP) is 7.54. The van der Waals surface area contributed by atoms with Crippen molar-refractivity contribution in [2.75, 3.05) is 46.6 Å². The Labute approximate surface area is 421 Å². The topological polar surface area (TPSA) is 225 Å². The average molecular weight is 1060 g/mol. The number of benzene rings is 1. The van der Waals surface area contributed by atoms with Gasteiger partial charge in [0.1, 0.15) is 18.3 Å². The summed E-state index contributed by atoms with van der Waals surface area (Å²) in [5.74, 6) is -1.30. The first-order valence-electron chi connectivity index (χ1n) is 25.2. The third-order valence-corrected chi connectivity index (χ3v) is 17.7. The number of nitrogens with one attached hydrogen (secondary N) is 1. The van der Waals surface area contributed by atoms with Crippen molar-refractivity contribution in [2.45, 2.75) is 179 Å². The number of carbonyl (C=O) groups is 3.